The van der Waals surface area contributed by atoms with Crippen LogP contribution in [-0.4, -0.2) is 42.0 Å². The van der Waals surface area contributed by atoms with Gasteiger partial charge in [0, 0.05) is 19.0 Å². The van der Waals surface area contributed by atoms with Crippen LogP contribution in [0.4, 0.5) is 5.82 Å². The highest BCUT2D eigenvalue weighted by Gasteiger charge is 2.24. The van der Waals surface area contributed by atoms with Gasteiger partial charge in [0.2, 0.25) is 5.91 Å². The first-order valence-electron chi connectivity index (χ1n) is 6.06. The van der Waals surface area contributed by atoms with Crippen LogP contribution in [0.5, 0.6) is 0 Å². The number of hydrogen-bond acceptors (Lipinski definition) is 6. The van der Waals surface area contributed by atoms with E-state index in [1.54, 1.807) is 0 Å². The van der Waals surface area contributed by atoms with E-state index in [0.29, 0.717) is 18.9 Å². The summed E-state index contributed by atoms with van der Waals surface area (Å²) >= 11 is 0. The molecule has 0 aliphatic carbocycles. The molecule has 2 rings (SSSR count). The molecule has 7 nitrogen and oxygen atoms in total. The van der Waals surface area contributed by atoms with Gasteiger partial charge in [0.25, 0.3) is 0 Å². The van der Waals surface area contributed by atoms with Crippen LogP contribution in [0.15, 0.2) is 12.4 Å². The Kier molecular flexibility index (Phi) is 3.94. The zero-order chi connectivity index (χ0) is 13.8. The van der Waals surface area contributed by atoms with Crippen molar-refractivity contribution in [1.29, 1.82) is 0 Å². The lowest BCUT2D eigenvalue weighted by Gasteiger charge is -2.31. The number of nitrogens with two attached hydrogens (primary N) is 1. The molecule has 0 unspecified atom stereocenters. The fourth-order valence-corrected chi connectivity index (χ4v) is 2.09. The summed E-state index contributed by atoms with van der Waals surface area (Å²) in [4.78, 5) is 32.5. The molecule has 1 aromatic rings. The molecular weight excluding hydrogens is 248 g/mol. The summed E-state index contributed by atoms with van der Waals surface area (Å²) in [6, 6.07) is 0. The van der Waals surface area contributed by atoms with Crippen molar-refractivity contribution >= 4 is 17.7 Å². The fourth-order valence-electron chi connectivity index (χ4n) is 2.09. The van der Waals surface area contributed by atoms with Crippen LogP contribution in [0.3, 0.4) is 0 Å². The molecule has 0 radical (unpaired) electrons. The van der Waals surface area contributed by atoms with Crippen LogP contribution in [-0.2, 0) is 9.53 Å². The number of anilines is 1. The van der Waals surface area contributed by atoms with Crippen molar-refractivity contribution in [3.05, 3.63) is 18.1 Å². The molecule has 1 fully saturated rings. The van der Waals surface area contributed by atoms with Crippen LogP contribution in [0, 0.1) is 5.92 Å². The van der Waals surface area contributed by atoms with E-state index in [4.69, 9.17) is 5.73 Å². The number of amides is 1. The van der Waals surface area contributed by atoms with Gasteiger partial charge in [-0.05, 0) is 12.8 Å². The van der Waals surface area contributed by atoms with Crippen LogP contribution in [0.1, 0.15) is 23.3 Å². The maximum atomic E-state index is 11.2. The Hall–Kier alpha value is -2.18. The molecule has 1 aromatic heterocycles. The maximum Gasteiger partial charge on any atom is 0.358 e. The number of ether oxygens (including phenoxy) is 1. The molecule has 2 N–H and O–H groups in total. The first-order chi connectivity index (χ1) is 9.11. The fraction of sp³-hybridized carbons (Fsp3) is 0.500. The van der Waals surface area contributed by atoms with Gasteiger partial charge in [0.15, 0.2) is 5.69 Å². The molecule has 19 heavy (non-hydrogen) atoms. The minimum absolute atomic E-state index is 0.0569. The van der Waals surface area contributed by atoms with E-state index < -0.39 is 5.97 Å². The first-order valence-corrected chi connectivity index (χ1v) is 6.06. The number of rotatable bonds is 3. The highest BCUT2D eigenvalue weighted by atomic mass is 16.5. The van der Waals surface area contributed by atoms with Crippen molar-refractivity contribution in [2.45, 2.75) is 12.8 Å². The van der Waals surface area contributed by atoms with E-state index in [9.17, 15) is 9.59 Å². The Balaban J connectivity index is 2.00. The summed E-state index contributed by atoms with van der Waals surface area (Å²) in [5, 5.41) is 0. The minimum atomic E-state index is -0.508. The molecule has 7 heteroatoms. The quantitative estimate of drug-likeness (QED) is 0.769. The largest absolute Gasteiger partial charge is 0.464 e. The summed E-state index contributed by atoms with van der Waals surface area (Å²) in [7, 11) is 1.30. The molecule has 0 aromatic carbocycles. The van der Waals surface area contributed by atoms with Crippen molar-refractivity contribution in [3.8, 4) is 0 Å². The number of carbonyl (C=O) groups excluding carboxylic acids is 2. The van der Waals surface area contributed by atoms with Crippen LogP contribution < -0.4 is 10.6 Å². The number of primary amides is 1. The van der Waals surface area contributed by atoms with Crippen molar-refractivity contribution in [3.63, 3.8) is 0 Å². The minimum Gasteiger partial charge on any atom is -0.464 e. The smallest absolute Gasteiger partial charge is 0.358 e. The van der Waals surface area contributed by atoms with Gasteiger partial charge in [0.05, 0.1) is 19.5 Å². The lowest BCUT2D eigenvalue weighted by Crippen LogP contribution is -2.39. The van der Waals surface area contributed by atoms with Gasteiger partial charge in [-0.1, -0.05) is 0 Å². The van der Waals surface area contributed by atoms with Gasteiger partial charge in [-0.25, -0.2) is 14.8 Å². The van der Waals surface area contributed by atoms with Gasteiger partial charge in [-0.2, -0.15) is 0 Å². The summed E-state index contributed by atoms with van der Waals surface area (Å²) in [6.07, 6.45) is 4.36. The molecule has 0 saturated carbocycles. The van der Waals surface area contributed by atoms with Crippen molar-refractivity contribution in [1.82, 2.24) is 9.97 Å². The highest BCUT2D eigenvalue weighted by Crippen LogP contribution is 2.20. The molecule has 102 valence electrons. The lowest BCUT2D eigenvalue weighted by atomic mass is 9.96. The Morgan fingerprint density at radius 2 is 2.00 bits per heavy atom. The standard InChI is InChI=1S/C12H16N4O3/c1-19-12(18)9-6-15-10(7-14-9)16-4-2-8(3-5-16)11(13)17/h6-8H,2-5H2,1H3,(H2,13,17). The SMILES string of the molecule is COC(=O)c1cnc(N2CCC(C(N)=O)CC2)cn1. The number of carbonyl (C=O) groups is 2. The summed E-state index contributed by atoms with van der Waals surface area (Å²) in [5.74, 6) is -0.118. The van der Waals surface area contributed by atoms with Gasteiger partial charge in [-0.3, -0.25) is 4.79 Å². The second-order valence-electron chi connectivity index (χ2n) is 4.42. The summed E-state index contributed by atoms with van der Waals surface area (Å²) in [6.45, 7) is 1.42. The van der Waals surface area contributed by atoms with E-state index in [1.165, 1.54) is 19.5 Å². The lowest BCUT2D eigenvalue weighted by molar-refractivity contribution is -0.122. The number of methoxy groups -OCH3 is 1. The Morgan fingerprint density at radius 1 is 1.32 bits per heavy atom. The molecular formula is C12H16N4O3. The van der Waals surface area contributed by atoms with Crippen LogP contribution in [0.25, 0.3) is 0 Å². The maximum absolute atomic E-state index is 11.2. The molecule has 1 aliphatic rings. The molecule has 1 saturated heterocycles. The van der Waals surface area contributed by atoms with E-state index >= 15 is 0 Å². The average molecular weight is 264 g/mol. The topological polar surface area (TPSA) is 98.4 Å². The molecule has 1 amide bonds. The van der Waals surface area contributed by atoms with Crippen molar-refractivity contribution in [2.24, 2.45) is 11.7 Å². The summed E-state index contributed by atoms with van der Waals surface area (Å²) in [5.41, 5.74) is 5.46. The Bertz CT molecular complexity index is 466. The molecule has 0 bridgehead atoms. The number of aromatic nitrogens is 2. The van der Waals surface area contributed by atoms with Crippen LogP contribution in [0.2, 0.25) is 0 Å². The second kappa shape index (κ2) is 5.64. The van der Waals surface area contributed by atoms with Gasteiger partial charge < -0.3 is 15.4 Å². The molecule has 1 aliphatic heterocycles. The van der Waals surface area contributed by atoms with E-state index in [2.05, 4.69) is 14.7 Å². The van der Waals surface area contributed by atoms with Crippen molar-refractivity contribution in [2.75, 3.05) is 25.1 Å². The third-order valence-corrected chi connectivity index (χ3v) is 3.25. The van der Waals surface area contributed by atoms with E-state index in [0.717, 1.165) is 12.8 Å². The van der Waals surface area contributed by atoms with Gasteiger partial charge in [0.1, 0.15) is 5.82 Å². The number of nitrogens with zero attached hydrogens (tertiary/aromatic N) is 3. The number of esters is 1. The Labute approximate surface area is 110 Å². The predicted octanol–water partition coefficient (Wildman–Crippen LogP) is -0.0351. The average Bonchev–Trinajstić information content (AvgIpc) is 2.46. The molecule has 0 atom stereocenters. The summed E-state index contributed by atoms with van der Waals surface area (Å²) < 4.78 is 4.56. The molecule has 2 heterocycles. The zero-order valence-electron chi connectivity index (χ0n) is 10.7. The third kappa shape index (κ3) is 2.98. The first kappa shape index (κ1) is 13.3. The number of piperidine rings is 1. The second-order valence-corrected chi connectivity index (χ2v) is 4.42. The number of hydrogen-bond donors (Lipinski definition) is 1. The predicted molar refractivity (Wildman–Crippen MR) is 67.5 cm³/mol. The van der Waals surface area contributed by atoms with Gasteiger partial charge >= 0.3 is 5.97 Å². The van der Waals surface area contributed by atoms with Crippen molar-refractivity contribution < 1.29 is 14.3 Å². The van der Waals surface area contributed by atoms with E-state index in [-0.39, 0.29) is 17.5 Å². The van der Waals surface area contributed by atoms with Crippen LogP contribution >= 0.6 is 0 Å². The Morgan fingerprint density at radius 3 is 2.47 bits per heavy atom. The molecule has 0 spiro atoms. The zero-order valence-corrected chi connectivity index (χ0v) is 10.7. The van der Waals surface area contributed by atoms with E-state index in [1.807, 2.05) is 4.90 Å². The third-order valence-electron chi connectivity index (χ3n) is 3.25. The van der Waals surface area contributed by atoms with Gasteiger partial charge in [-0.15, -0.1) is 0 Å². The highest BCUT2D eigenvalue weighted by molar-refractivity contribution is 5.86. The monoisotopic (exact) mass is 264 g/mol. The normalized spacial score (nSPS) is 16.2.